The van der Waals surface area contributed by atoms with E-state index < -0.39 is 40.1 Å². The number of nitrogen functional groups attached to an aromatic ring is 2. The first-order valence-electron chi connectivity index (χ1n) is 4.90. The standard InChI is InChI=1S/C12H8F4N2/c13-7-3-1-2-5(9(7)14)6-4-8(17)12(18)11(16)10(6)15/h1-4H,17-18H2. The fraction of sp³-hybridized carbons (Fsp3) is 0. The smallest absolute Gasteiger partial charge is 0.184 e. The van der Waals surface area contributed by atoms with Gasteiger partial charge in [-0.05, 0) is 12.1 Å². The number of hydrogen-bond donors (Lipinski definition) is 2. The quantitative estimate of drug-likeness (QED) is 0.608. The molecule has 2 rings (SSSR count). The van der Waals surface area contributed by atoms with Gasteiger partial charge in [-0.3, -0.25) is 0 Å². The Kier molecular flexibility index (Phi) is 2.86. The van der Waals surface area contributed by atoms with Gasteiger partial charge in [0, 0.05) is 11.1 Å². The highest BCUT2D eigenvalue weighted by Gasteiger charge is 2.19. The Bertz CT molecular complexity index is 626. The lowest BCUT2D eigenvalue weighted by molar-refractivity contribution is 0.503. The SMILES string of the molecule is Nc1cc(-c2cccc(F)c2F)c(F)c(F)c1N. The van der Waals surface area contributed by atoms with Crippen molar-refractivity contribution in [1.82, 2.24) is 0 Å². The number of nitrogens with two attached hydrogens (primary N) is 2. The van der Waals surface area contributed by atoms with Crippen LogP contribution in [0.4, 0.5) is 28.9 Å². The summed E-state index contributed by atoms with van der Waals surface area (Å²) in [5.41, 5.74) is 8.86. The van der Waals surface area contributed by atoms with Crippen LogP contribution < -0.4 is 11.5 Å². The lowest BCUT2D eigenvalue weighted by Gasteiger charge is -2.10. The van der Waals surface area contributed by atoms with Crippen LogP contribution in [0.3, 0.4) is 0 Å². The Hall–Kier alpha value is -2.24. The van der Waals surface area contributed by atoms with E-state index in [1.54, 1.807) is 0 Å². The minimum Gasteiger partial charge on any atom is -0.397 e. The number of anilines is 2. The van der Waals surface area contributed by atoms with Gasteiger partial charge in [-0.1, -0.05) is 12.1 Å². The molecule has 0 aromatic heterocycles. The van der Waals surface area contributed by atoms with Gasteiger partial charge < -0.3 is 11.5 Å². The molecular weight excluding hydrogens is 248 g/mol. The van der Waals surface area contributed by atoms with Crippen LogP contribution in [0.15, 0.2) is 24.3 Å². The van der Waals surface area contributed by atoms with Crippen molar-refractivity contribution >= 4 is 11.4 Å². The van der Waals surface area contributed by atoms with E-state index in [4.69, 9.17) is 11.5 Å². The maximum atomic E-state index is 13.6. The molecule has 2 nitrogen and oxygen atoms in total. The zero-order valence-electron chi connectivity index (χ0n) is 8.98. The first-order valence-corrected chi connectivity index (χ1v) is 4.90. The molecule has 18 heavy (non-hydrogen) atoms. The van der Waals surface area contributed by atoms with Crippen LogP contribution in [0.5, 0.6) is 0 Å². The van der Waals surface area contributed by atoms with E-state index in [-0.39, 0.29) is 5.69 Å². The van der Waals surface area contributed by atoms with Crippen molar-refractivity contribution in [2.24, 2.45) is 0 Å². The molecule has 94 valence electrons. The molecule has 0 bridgehead atoms. The fourth-order valence-corrected chi connectivity index (χ4v) is 1.57. The number of benzene rings is 2. The zero-order chi connectivity index (χ0) is 13.4. The summed E-state index contributed by atoms with van der Waals surface area (Å²) in [4.78, 5) is 0. The highest BCUT2D eigenvalue weighted by Crippen LogP contribution is 2.33. The molecular formula is C12H8F4N2. The summed E-state index contributed by atoms with van der Waals surface area (Å²) in [5, 5.41) is 0. The number of rotatable bonds is 1. The fourth-order valence-electron chi connectivity index (χ4n) is 1.57. The predicted octanol–water partition coefficient (Wildman–Crippen LogP) is 3.07. The molecule has 0 aliphatic rings. The lowest BCUT2D eigenvalue weighted by atomic mass is 10.0. The van der Waals surface area contributed by atoms with Crippen molar-refractivity contribution in [3.05, 3.63) is 47.5 Å². The predicted molar refractivity (Wildman–Crippen MR) is 60.5 cm³/mol. The van der Waals surface area contributed by atoms with Crippen LogP contribution in [0.1, 0.15) is 0 Å². The minimum atomic E-state index is -1.38. The van der Waals surface area contributed by atoms with Crippen molar-refractivity contribution in [3.8, 4) is 11.1 Å². The van der Waals surface area contributed by atoms with Crippen LogP contribution in [-0.2, 0) is 0 Å². The molecule has 4 N–H and O–H groups in total. The number of hydrogen-bond acceptors (Lipinski definition) is 2. The van der Waals surface area contributed by atoms with E-state index in [1.165, 1.54) is 6.07 Å². The largest absolute Gasteiger partial charge is 0.397 e. The highest BCUT2D eigenvalue weighted by molar-refractivity contribution is 5.76. The average molecular weight is 256 g/mol. The summed E-state index contributed by atoms with van der Waals surface area (Å²) < 4.78 is 53.5. The minimum absolute atomic E-state index is 0.243. The van der Waals surface area contributed by atoms with Crippen molar-refractivity contribution in [3.63, 3.8) is 0 Å². The van der Waals surface area contributed by atoms with Gasteiger partial charge in [0.1, 0.15) is 0 Å². The molecule has 0 unspecified atom stereocenters. The molecule has 2 aromatic carbocycles. The molecule has 0 radical (unpaired) electrons. The normalized spacial score (nSPS) is 10.7. The second-order valence-electron chi connectivity index (χ2n) is 3.66. The topological polar surface area (TPSA) is 52.0 Å². The molecule has 0 heterocycles. The van der Waals surface area contributed by atoms with E-state index in [2.05, 4.69) is 0 Å². The second kappa shape index (κ2) is 4.21. The van der Waals surface area contributed by atoms with E-state index in [0.717, 1.165) is 18.2 Å². The molecule has 0 saturated carbocycles. The molecule has 2 aromatic rings. The second-order valence-corrected chi connectivity index (χ2v) is 3.66. The van der Waals surface area contributed by atoms with Crippen LogP contribution in [0.25, 0.3) is 11.1 Å². The molecule has 0 aliphatic heterocycles. The van der Waals surface area contributed by atoms with Crippen LogP contribution in [0.2, 0.25) is 0 Å². The third kappa shape index (κ3) is 1.75. The first kappa shape index (κ1) is 12.2. The van der Waals surface area contributed by atoms with Gasteiger partial charge in [-0.2, -0.15) is 0 Å². The third-order valence-electron chi connectivity index (χ3n) is 2.52. The highest BCUT2D eigenvalue weighted by atomic mass is 19.2. The molecule has 0 aliphatic carbocycles. The summed E-state index contributed by atoms with van der Waals surface area (Å²) in [5.74, 6) is -5.19. The average Bonchev–Trinajstić information content (AvgIpc) is 2.35. The van der Waals surface area contributed by atoms with E-state index in [1.807, 2.05) is 0 Å². The lowest BCUT2D eigenvalue weighted by Crippen LogP contribution is -2.03. The Morgan fingerprint density at radius 1 is 0.778 bits per heavy atom. The van der Waals surface area contributed by atoms with Crippen molar-refractivity contribution in [2.75, 3.05) is 11.5 Å². The Balaban J connectivity index is 2.76. The van der Waals surface area contributed by atoms with E-state index in [0.29, 0.717) is 0 Å². The molecule has 0 spiro atoms. The summed E-state index contributed by atoms with van der Waals surface area (Å²) in [6.45, 7) is 0. The van der Waals surface area contributed by atoms with Gasteiger partial charge in [0.25, 0.3) is 0 Å². The summed E-state index contributed by atoms with van der Waals surface area (Å²) in [6, 6.07) is 4.13. The zero-order valence-corrected chi connectivity index (χ0v) is 8.98. The first-order chi connectivity index (χ1) is 8.43. The van der Waals surface area contributed by atoms with Crippen molar-refractivity contribution in [1.29, 1.82) is 0 Å². The Morgan fingerprint density at radius 3 is 2.11 bits per heavy atom. The molecule has 0 atom stereocenters. The molecule has 0 saturated heterocycles. The molecule has 6 heteroatoms. The summed E-state index contributed by atoms with van der Waals surface area (Å²) in [7, 11) is 0. The van der Waals surface area contributed by atoms with Gasteiger partial charge >= 0.3 is 0 Å². The Morgan fingerprint density at radius 2 is 1.44 bits per heavy atom. The monoisotopic (exact) mass is 256 g/mol. The van der Waals surface area contributed by atoms with Crippen LogP contribution in [0, 0.1) is 23.3 Å². The summed E-state index contributed by atoms with van der Waals surface area (Å²) in [6.07, 6.45) is 0. The van der Waals surface area contributed by atoms with Gasteiger partial charge in [0.15, 0.2) is 23.3 Å². The summed E-state index contributed by atoms with van der Waals surface area (Å²) >= 11 is 0. The van der Waals surface area contributed by atoms with Gasteiger partial charge in [-0.25, -0.2) is 17.6 Å². The van der Waals surface area contributed by atoms with Crippen molar-refractivity contribution < 1.29 is 17.6 Å². The third-order valence-corrected chi connectivity index (χ3v) is 2.52. The van der Waals surface area contributed by atoms with Gasteiger partial charge in [-0.15, -0.1) is 0 Å². The molecule has 0 amide bonds. The van der Waals surface area contributed by atoms with Crippen LogP contribution >= 0.6 is 0 Å². The maximum Gasteiger partial charge on any atom is 0.184 e. The van der Waals surface area contributed by atoms with Gasteiger partial charge in [0.05, 0.1) is 11.4 Å². The van der Waals surface area contributed by atoms with Gasteiger partial charge in [0.2, 0.25) is 0 Å². The van der Waals surface area contributed by atoms with E-state index >= 15 is 0 Å². The molecule has 0 fully saturated rings. The van der Waals surface area contributed by atoms with Crippen molar-refractivity contribution in [2.45, 2.75) is 0 Å². The maximum absolute atomic E-state index is 13.6. The Labute approximate surface area is 99.8 Å². The van der Waals surface area contributed by atoms with Crippen LogP contribution in [-0.4, -0.2) is 0 Å². The number of halogens is 4. The van der Waals surface area contributed by atoms with E-state index in [9.17, 15) is 17.6 Å².